The van der Waals surface area contributed by atoms with Gasteiger partial charge in [-0.1, -0.05) is 23.4 Å². The molecule has 11 heteroatoms. The minimum Gasteiger partial charge on any atom is -0.324 e. The van der Waals surface area contributed by atoms with Gasteiger partial charge in [-0.25, -0.2) is 9.89 Å². The number of hydrogen-bond acceptors (Lipinski definition) is 5. The number of nitrogens with one attached hydrogen (secondary N) is 2. The summed E-state index contributed by atoms with van der Waals surface area (Å²) in [6.45, 7) is 1.59. The van der Waals surface area contributed by atoms with Crippen LogP contribution < -0.4 is 11.0 Å². The molecule has 1 aromatic carbocycles. The number of benzene rings is 1. The zero-order chi connectivity index (χ0) is 17.9. The first-order valence-electron chi connectivity index (χ1n) is 6.39. The summed E-state index contributed by atoms with van der Waals surface area (Å²) >= 11 is 6.73. The van der Waals surface area contributed by atoms with Crippen LogP contribution in [0.15, 0.2) is 28.0 Å². The highest BCUT2D eigenvalue weighted by Gasteiger charge is 2.31. The number of thioether (sulfide) groups is 1. The molecule has 6 nitrogen and oxygen atoms in total. The van der Waals surface area contributed by atoms with Gasteiger partial charge in [0, 0.05) is 0 Å². The number of aromatic amines is 1. The second kappa shape index (κ2) is 7.22. The molecule has 0 saturated heterocycles. The molecular formula is C13H10ClF3N4O2S. The first-order chi connectivity index (χ1) is 11.2. The number of nitrogens with zero attached hydrogens (tertiary/aromatic N) is 2. The fraction of sp³-hybridized carbons (Fsp3) is 0.231. The zero-order valence-corrected chi connectivity index (χ0v) is 13.6. The maximum absolute atomic E-state index is 12.7. The molecule has 0 aliphatic carbocycles. The summed E-state index contributed by atoms with van der Waals surface area (Å²) in [5, 5.41) is 8.37. The molecule has 0 aliphatic heterocycles. The van der Waals surface area contributed by atoms with E-state index in [1.807, 2.05) is 0 Å². The van der Waals surface area contributed by atoms with Gasteiger partial charge in [-0.15, -0.1) is 0 Å². The van der Waals surface area contributed by atoms with E-state index >= 15 is 0 Å². The van der Waals surface area contributed by atoms with E-state index in [9.17, 15) is 22.8 Å². The van der Waals surface area contributed by atoms with Crippen LogP contribution in [0, 0.1) is 6.92 Å². The number of amides is 1. The number of hydrogen-bond donors (Lipinski definition) is 2. The highest BCUT2D eigenvalue weighted by atomic mass is 35.5. The van der Waals surface area contributed by atoms with Crippen LogP contribution >= 0.6 is 23.4 Å². The van der Waals surface area contributed by atoms with Gasteiger partial charge < -0.3 is 5.32 Å². The Morgan fingerprint density at radius 3 is 2.79 bits per heavy atom. The number of aromatic nitrogens is 3. The zero-order valence-electron chi connectivity index (χ0n) is 12.1. The number of H-pyrrole nitrogens is 1. The number of carbonyl (C=O) groups excluding carboxylic acids is 1. The molecule has 0 radical (unpaired) electrons. The Morgan fingerprint density at radius 1 is 1.42 bits per heavy atom. The van der Waals surface area contributed by atoms with Gasteiger partial charge in [0.05, 0.1) is 27.7 Å². The standard InChI is InChI=1S/C13H10ClF3N4O2S/c1-6-11(19-12(23)21-20-6)24-5-10(22)18-9-4-7(13(15,16)17)2-3-8(9)14/h2-4H,5H2,1H3,(H,18,22)(H,19,21,23). The van der Waals surface area contributed by atoms with E-state index in [1.54, 1.807) is 6.92 Å². The first-order valence-corrected chi connectivity index (χ1v) is 7.76. The Kier molecular flexibility index (Phi) is 5.50. The molecule has 1 aromatic heterocycles. The third kappa shape index (κ3) is 4.71. The van der Waals surface area contributed by atoms with E-state index in [2.05, 4.69) is 20.5 Å². The SMILES string of the molecule is Cc1n[nH]c(=O)nc1SCC(=O)Nc1cc(C(F)(F)F)ccc1Cl. The second-order valence-electron chi connectivity index (χ2n) is 4.56. The Hall–Kier alpha value is -2.07. The van der Waals surface area contributed by atoms with Crippen LogP contribution in [0.1, 0.15) is 11.3 Å². The van der Waals surface area contributed by atoms with Crippen molar-refractivity contribution in [3.8, 4) is 0 Å². The number of carbonyl (C=O) groups is 1. The molecule has 2 N–H and O–H groups in total. The highest BCUT2D eigenvalue weighted by molar-refractivity contribution is 8.00. The van der Waals surface area contributed by atoms with Gasteiger partial charge >= 0.3 is 11.9 Å². The predicted molar refractivity (Wildman–Crippen MR) is 83.2 cm³/mol. The van der Waals surface area contributed by atoms with E-state index in [-0.39, 0.29) is 21.5 Å². The summed E-state index contributed by atoms with van der Waals surface area (Å²) in [5.74, 6) is -0.770. The maximum atomic E-state index is 12.7. The lowest BCUT2D eigenvalue weighted by Crippen LogP contribution is -2.18. The van der Waals surface area contributed by atoms with Gasteiger partial charge in [-0.05, 0) is 25.1 Å². The summed E-state index contributed by atoms with van der Waals surface area (Å²) in [6.07, 6.45) is -4.55. The van der Waals surface area contributed by atoms with E-state index in [1.165, 1.54) is 0 Å². The lowest BCUT2D eigenvalue weighted by atomic mass is 10.2. The summed E-state index contributed by atoms with van der Waals surface area (Å²) in [6, 6.07) is 2.63. The number of alkyl halides is 3. The largest absolute Gasteiger partial charge is 0.416 e. The fourth-order valence-electron chi connectivity index (χ4n) is 1.63. The van der Waals surface area contributed by atoms with E-state index in [0.29, 0.717) is 5.69 Å². The topological polar surface area (TPSA) is 87.7 Å². The summed E-state index contributed by atoms with van der Waals surface area (Å²) < 4.78 is 38.0. The third-order valence-corrected chi connectivity index (χ3v) is 4.14. The van der Waals surface area contributed by atoms with Crippen molar-refractivity contribution < 1.29 is 18.0 Å². The molecule has 1 heterocycles. The molecule has 0 atom stereocenters. The molecule has 0 unspecified atom stereocenters. The molecule has 0 saturated carbocycles. The van der Waals surface area contributed by atoms with Crippen molar-refractivity contribution in [3.05, 3.63) is 45.0 Å². The molecule has 2 aromatic rings. The fourth-order valence-corrected chi connectivity index (χ4v) is 2.54. The lowest BCUT2D eigenvalue weighted by molar-refractivity contribution is -0.137. The number of halogens is 4. The highest BCUT2D eigenvalue weighted by Crippen LogP contribution is 2.33. The van der Waals surface area contributed by atoms with Gasteiger partial charge in [-0.2, -0.15) is 23.3 Å². The van der Waals surface area contributed by atoms with Gasteiger partial charge in [0.1, 0.15) is 5.03 Å². The van der Waals surface area contributed by atoms with Gasteiger partial charge in [0.2, 0.25) is 5.91 Å². The van der Waals surface area contributed by atoms with E-state index < -0.39 is 23.3 Å². The van der Waals surface area contributed by atoms with Crippen LogP contribution in [-0.2, 0) is 11.0 Å². The average Bonchev–Trinajstić information content (AvgIpc) is 2.49. The smallest absolute Gasteiger partial charge is 0.324 e. The van der Waals surface area contributed by atoms with Crippen molar-refractivity contribution >= 4 is 35.0 Å². The molecular weight excluding hydrogens is 369 g/mol. The minimum absolute atomic E-state index is 0.0199. The van der Waals surface area contributed by atoms with Crippen molar-refractivity contribution in [1.82, 2.24) is 15.2 Å². The number of aryl methyl sites for hydroxylation is 1. The van der Waals surface area contributed by atoms with Gasteiger partial charge in [0.15, 0.2) is 0 Å². The summed E-state index contributed by atoms with van der Waals surface area (Å²) in [7, 11) is 0. The Labute approximate surface area is 142 Å². The van der Waals surface area contributed by atoms with Crippen molar-refractivity contribution in [2.45, 2.75) is 18.1 Å². The third-order valence-electron chi connectivity index (χ3n) is 2.74. The van der Waals surface area contributed by atoms with E-state index in [4.69, 9.17) is 11.6 Å². The van der Waals surface area contributed by atoms with Crippen molar-refractivity contribution in [2.24, 2.45) is 0 Å². The maximum Gasteiger partial charge on any atom is 0.416 e. The first kappa shape index (κ1) is 18.3. The number of anilines is 1. The summed E-state index contributed by atoms with van der Waals surface area (Å²) in [5.41, 5.74) is -1.31. The van der Waals surface area contributed by atoms with Crippen LogP contribution in [-0.4, -0.2) is 26.8 Å². The van der Waals surface area contributed by atoms with Crippen LogP contribution in [0.2, 0.25) is 5.02 Å². The Bertz CT molecular complexity index is 826. The van der Waals surface area contributed by atoms with Crippen molar-refractivity contribution in [1.29, 1.82) is 0 Å². The molecule has 0 bridgehead atoms. The Balaban J connectivity index is 2.07. The predicted octanol–water partition coefficient (Wildman–Crippen LogP) is 2.88. The lowest BCUT2D eigenvalue weighted by Gasteiger charge is -2.11. The van der Waals surface area contributed by atoms with Crippen molar-refractivity contribution in [3.63, 3.8) is 0 Å². The molecule has 0 spiro atoms. The average molecular weight is 379 g/mol. The normalized spacial score (nSPS) is 11.4. The van der Waals surface area contributed by atoms with E-state index in [0.717, 1.165) is 30.0 Å². The molecule has 1 amide bonds. The molecule has 128 valence electrons. The quantitative estimate of drug-likeness (QED) is 0.799. The monoisotopic (exact) mass is 378 g/mol. The van der Waals surface area contributed by atoms with Gasteiger partial charge in [-0.3, -0.25) is 4.79 Å². The molecule has 24 heavy (non-hydrogen) atoms. The molecule has 0 fully saturated rings. The second-order valence-corrected chi connectivity index (χ2v) is 5.93. The van der Waals surface area contributed by atoms with Crippen LogP contribution in [0.4, 0.5) is 18.9 Å². The van der Waals surface area contributed by atoms with Crippen LogP contribution in [0.25, 0.3) is 0 Å². The molecule has 2 rings (SSSR count). The summed E-state index contributed by atoms with van der Waals surface area (Å²) in [4.78, 5) is 26.6. The Morgan fingerprint density at radius 2 is 2.12 bits per heavy atom. The minimum atomic E-state index is -4.55. The van der Waals surface area contributed by atoms with Gasteiger partial charge in [0.25, 0.3) is 0 Å². The number of rotatable bonds is 4. The molecule has 0 aliphatic rings. The van der Waals surface area contributed by atoms with Crippen LogP contribution in [0.5, 0.6) is 0 Å². The van der Waals surface area contributed by atoms with Crippen molar-refractivity contribution in [2.75, 3.05) is 11.1 Å². The van der Waals surface area contributed by atoms with Crippen LogP contribution in [0.3, 0.4) is 0 Å².